The first-order valence-electron chi connectivity index (χ1n) is 8.66. The highest BCUT2D eigenvalue weighted by molar-refractivity contribution is 7.14. The molecule has 0 saturated carbocycles. The third-order valence-corrected chi connectivity index (χ3v) is 6.03. The predicted molar refractivity (Wildman–Crippen MR) is 104 cm³/mol. The number of hydrogen-bond donors (Lipinski definition) is 1. The fraction of sp³-hybridized carbons (Fsp3) is 0.211. The molecule has 3 aromatic rings. The summed E-state index contributed by atoms with van der Waals surface area (Å²) in [6, 6.07) is 8.50. The van der Waals surface area contributed by atoms with Gasteiger partial charge in [-0.2, -0.15) is 23.3 Å². The molecular formula is C19H14ClF3N4OS. The SMILES string of the molecule is CCc1ccc(C(=O)C2=C(C(F)(F)F)Nc3ncnn3C2c2ccc(Cl)cc2)s1. The molecule has 1 N–H and O–H groups in total. The number of carbonyl (C=O) groups is 1. The number of nitrogens with one attached hydrogen (secondary N) is 1. The first-order valence-corrected chi connectivity index (χ1v) is 9.85. The molecule has 1 aromatic carbocycles. The maximum absolute atomic E-state index is 13.9. The molecular weight excluding hydrogens is 425 g/mol. The number of hydrogen-bond acceptors (Lipinski definition) is 5. The zero-order valence-corrected chi connectivity index (χ0v) is 16.6. The van der Waals surface area contributed by atoms with E-state index in [2.05, 4.69) is 15.4 Å². The maximum atomic E-state index is 13.9. The van der Waals surface area contributed by atoms with E-state index in [1.165, 1.54) is 16.0 Å². The van der Waals surface area contributed by atoms with Gasteiger partial charge in [-0.3, -0.25) is 4.79 Å². The van der Waals surface area contributed by atoms with E-state index < -0.39 is 29.3 Å². The highest BCUT2D eigenvalue weighted by Gasteiger charge is 2.46. The van der Waals surface area contributed by atoms with Gasteiger partial charge in [-0.1, -0.05) is 30.7 Å². The fourth-order valence-corrected chi connectivity index (χ4v) is 4.23. The van der Waals surface area contributed by atoms with E-state index in [1.807, 2.05) is 6.92 Å². The summed E-state index contributed by atoms with van der Waals surface area (Å²) in [6.45, 7) is 1.92. The molecule has 0 aliphatic carbocycles. The number of thiophene rings is 1. The zero-order valence-electron chi connectivity index (χ0n) is 15.0. The lowest BCUT2D eigenvalue weighted by Crippen LogP contribution is -2.35. The number of halogens is 4. The number of allylic oxidation sites excluding steroid dienone is 2. The lowest BCUT2D eigenvalue weighted by atomic mass is 9.91. The number of nitrogens with zero attached hydrogens (tertiary/aromatic N) is 3. The van der Waals surface area contributed by atoms with Gasteiger partial charge < -0.3 is 5.32 Å². The number of alkyl halides is 3. The van der Waals surface area contributed by atoms with Crippen molar-refractivity contribution in [1.82, 2.24) is 14.8 Å². The Kier molecular flexibility index (Phi) is 4.95. The van der Waals surface area contributed by atoms with Crippen LogP contribution in [0.15, 0.2) is 54.0 Å². The first kappa shape index (κ1) is 19.7. The van der Waals surface area contributed by atoms with Crippen LogP contribution in [-0.4, -0.2) is 26.7 Å². The largest absolute Gasteiger partial charge is 0.431 e. The predicted octanol–water partition coefficient (Wildman–Crippen LogP) is 5.27. The van der Waals surface area contributed by atoms with E-state index in [9.17, 15) is 18.0 Å². The summed E-state index contributed by atoms with van der Waals surface area (Å²) in [6.07, 6.45) is -2.94. The van der Waals surface area contributed by atoms with Crippen molar-refractivity contribution < 1.29 is 18.0 Å². The summed E-state index contributed by atoms with van der Waals surface area (Å²) < 4.78 is 43.1. The Morgan fingerprint density at radius 3 is 2.59 bits per heavy atom. The third kappa shape index (κ3) is 3.56. The molecule has 1 aliphatic heterocycles. The molecule has 0 bridgehead atoms. The Bertz CT molecular complexity index is 1100. The number of ketones is 1. The molecule has 0 saturated heterocycles. The van der Waals surface area contributed by atoms with Crippen LogP contribution >= 0.6 is 22.9 Å². The van der Waals surface area contributed by atoms with Crippen LogP contribution in [-0.2, 0) is 6.42 Å². The number of Topliss-reactive ketones (excluding diaryl/α,β-unsaturated/α-hetero) is 1. The number of benzene rings is 1. The maximum Gasteiger partial charge on any atom is 0.431 e. The van der Waals surface area contributed by atoms with Crippen molar-refractivity contribution >= 4 is 34.7 Å². The number of anilines is 1. The summed E-state index contributed by atoms with van der Waals surface area (Å²) >= 11 is 7.13. The van der Waals surface area contributed by atoms with Gasteiger partial charge in [-0.05, 0) is 36.2 Å². The third-order valence-electron chi connectivity index (χ3n) is 4.54. The lowest BCUT2D eigenvalue weighted by Gasteiger charge is -2.30. The van der Waals surface area contributed by atoms with Gasteiger partial charge in [0.1, 0.15) is 18.1 Å². The molecule has 3 heterocycles. The molecule has 10 heteroatoms. The molecule has 150 valence electrons. The first-order chi connectivity index (χ1) is 13.8. The van der Waals surface area contributed by atoms with Crippen LogP contribution in [0.1, 0.15) is 33.1 Å². The van der Waals surface area contributed by atoms with Crippen LogP contribution in [0.25, 0.3) is 0 Å². The van der Waals surface area contributed by atoms with Crippen LogP contribution in [0.4, 0.5) is 19.1 Å². The van der Waals surface area contributed by atoms with Gasteiger partial charge in [-0.25, -0.2) is 4.68 Å². The molecule has 0 radical (unpaired) electrons. The fourth-order valence-electron chi connectivity index (χ4n) is 3.20. The van der Waals surface area contributed by atoms with Crippen molar-refractivity contribution in [2.75, 3.05) is 5.32 Å². The zero-order chi connectivity index (χ0) is 20.8. The quantitative estimate of drug-likeness (QED) is 0.564. The van der Waals surface area contributed by atoms with Crippen LogP contribution in [0.3, 0.4) is 0 Å². The van der Waals surface area contributed by atoms with Gasteiger partial charge in [0.05, 0.1) is 10.5 Å². The molecule has 5 nitrogen and oxygen atoms in total. The van der Waals surface area contributed by atoms with Crippen LogP contribution in [0, 0.1) is 0 Å². The monoisotopic (exact) mass is 438 g/mol. The Labute approximate surface area is 172 Å². The standard InChI is InChI=1S/C19H14ClF3N4OS/c1-2-12-7-8-13(29-12)16(28)14-15(10-3-5-11(20)6-4-10)27-18(24-9-25-27)26-17(14)19(21,22)23/h3-9,15H,2H2,1H3,(H,24,25,26). The molecule has 0 spiro atoms. The molecule has 4 rings (SSSR count). The van der Waals surface area contributed by atoms with E-state index in [0.717, 1.165) is 11.2 Å². The Morgan fingerprint density at radius 2 is 1.97 bits per heavy atom. The van der Waals surface area contributed by atoms with E-state index in [0.29, 0.717) is 17.0 Å². The van der Waals surface area contributed by atoms with Gasteiger partial charge in [0, 0.05) is 9.90 Å². The summed E-state index contributed by atoms with van der Waals surface area (Å²) in [7, 11) is 0. The average molecular weight is 439 g/mol. The van der Waals surface area contributed by atoms with Gasteiger partial charge >= 0.3 is 6.18 Å². The Hall–Kier alpha value is -2.65. The minimum Gasteiger partial charge on any atom is -0.320 e. The molecule has 29 heavy (non-hydrogen) atoms. The Balaban J connectivity index is 1.94. The second-order valence-electron chi connectivity index (χ2n) is 6.34. The number of fused-ring (bicyclic) bond motifs is 1. The summed E-state index contributed by atoms with van der Waals surface area (Å²) in [4.78, 5) is 18.3. The van der Waals surface area contributed by atoms with Crippen molar-refractivity contribution in [3.63, 3.8) is 0 Å². The number of aryl methyl sites for hydroxylation is 1. The normalized spacial score (nSPS) is 16.5. The second kappa shape index (κ2) is 7.31. The molecule has 2 aromatic heterocycles. The van der Waals surface area contributed by atoms with E-state index >= 15 is 0 Å². The lowest BCUT2D eigenvalue weighted by molar-refractivity contribution is -0.0918. The smallest absolute Gasteiger partial charge is 0.320 e. The molecule has 1 aliphatic rings. The molecule has 0 fully saturated rings. The van der Waals surface area contributed by atoms with Crippen LogP contribution < -0.4 is 5.32 Å². The molecule has 1 unspecified atom stereocenters. The highest BCUT2D eigenvalue weighted by Crippen LogP contribution is 2.42. The van der Waals surface area contributed by atoms with Crippen molar-refractivity contribution in [2.24, 2.45) is 0 Å². The van der Waals surface area contributed by atoms with Gasteiger partial charge in [0.25, 0.3) is 0 Å². The minimum atomic E-state index is -4.78. The molecule has 0 amide bonds. The summed E-state index contributed by atoms with van der Waals surface area (Å²) in [5, 5.41) is 6.74. The highest BCUT2D eigenvalue weighted by atomic mass is 35.5. The molecule has 1 atom stereocenters. The van der Waals surface area contributed by atoms with Crippen LogP contribution in [0.5, 0.6) is 0 Å². The topological polar surface area (TPSA) is 59.8 Å². The van der Waals surface area contributed by atoms with Gasteiger partial charge in [-0.15, -0.1) is 11.3 Å². The average Bonchev–Trinajstić information content (AvgIpc) is 3.35. The van der Waals surface area contributed by atoms with Gasteiger partial charge in [0.2, 0.25) is 11.7 Å². The number of rotatable bonds is 4. The van der Waals surface area contributed by atoms with Gasteiger partial charge in [0.15, 0.2) is 0 Å². The minimum absolute atomic E-state index is 0.0887. The van der Waals surface area contributed by atoms with E-state index in [-0.39, 0.29) is 10.8 Å². The number of carbonyl (C=O) groups excluding carboxylic acids is 1. The van der Waals surface area contributed by atoms with Crippen molar-refractivity contribution in [2.45, 2.75) is 25.6 Å². The van der Waals surface area contributed by atoms with E-state index in [1.54, 1.807) is 36.4 Å². The van der Waals surface area contributed by atoms with Crippen molar-refractivity contribution in [3.05, 3.63) is 74.3 Å². The number of aromatic nitrogens is 3. The van der Waals surface area contributed by atoms with Crippen molar-refractivity contribution in [3.8, 4) is 0 Å². The second-order valence-corrected chi connectivity index (χ2v) is 7.95. The van der Waals surface area contributed by atoms with Crippen molar-refractivity contribution in [1.29, 1.82) is 0 Å². The summed E-state index contributed by atoms with van der Waals surface area (Å²) in [5.74, 6) is -0.787. The van der Waals surface area contributed by atoms with E-state index in [4.69, 9.17) is 11.6 Å². The summed E-state index contributed by atoms with van der Waals surface area (Å²) in [5.41, 5.74) is -1.11. The van der Waals surface area contributed by atoms with Crippen LogP contribution in [0.2, 0.25) is 5.02 Å². The Morgan fingerprint density at radius 1 is 1.24 bits per heavy atom.